The molecule has 3 aromatic carbocycles. The lowest BCUT2D eigenvalue weighted by Gasteiger charge is -2.07. The van der Waals surface area contributed by atoms with Gasteiger partial charge in [0.25, 0.3) is 0 Å². The van der Waals surface area contributed by atoms with Crippen molar-refractivity contribution in [1.29, 1.82) is 0 Å². The highest BCUT2D eigenvalue weighted by Gasteiger charge is 2.14. The minimum absolute atomic E-state index is 0.242. The number of hydrazone groups is 1. The number of anilines is 1. The summed E-state index contributed by atoms with van der Waals surface area (Å²) < 4.78 is 5.31. The summed E-state index contributed by atoms with van der Waals surface area (Å²) in [4.78, 5) is 36.2. The fraction of sp³-hybridized carbons (Fsp3) is 0.0435. The summed E-state index contributed by atoms with van der Waals surface area (Å²) >= 11 is 17.5. The topological polar surface area (TPSA) is 96.9 Å². The number of carbonyl (C=O) groups is 3. The number of nitrogens with zero attached hydrogens (tertiary/aromatic N) is 1. The predicted molar refractivity (Wildman–Crippen MR) is 128 cm³/mol. The van der Waals surface area contributed by atoms with Gasteiger partial charge in [0, 0.05) is 10.7 Å². The molecule has 0 radical (unpaired) electrons. The summed E-state index contributed by atoms with van der Waals surface area (Å²) in [5.41, 5.74) is 3.94. The van der Waals surface area contributed by atoms with Gasteiger partial charge in [-0.3, -0.25) is 9.59 Å². The average Bonchev–Trinajstić information content (AvgIpc) is 2.80. The lowest BCUT2D eigenvalue weighted by molar-refractivity contribution is -0.136. The van der Waals surface area contributed by atoms with Crippen molar-refractivity contribution in [2.24, 2.45) is 5.10 Å². The number of ether oxygens (including phenoxy) is 1. The minimum Gasteiger partial charge on any atom is -0.423 e. The van der Waals surface area contributed by atoms with Gasteiger partial charge >= 0.3 is 17.8 Å². The van der Waals surface area contributed by atoms with Crippen LogP contribution in [0.1, 0.15) is 22.8 Å². The van der Waals surface area contributed by atoms with Crippen molar-refractivity contribution in [2.45, 2.75) is 6.92 Å². The van der Waals surface area contributed by atoms with Crippen LogP contribution in [0.5, 0.6) is 5.75 Å². The number of benzene rings is 3. The van der Waals surface area contributed by atoms with Crippen LogP contribution in [0.3, 0.4) is 0 Å². The Morgan fingerprint density at radius 3 is 2.06 bits per heavy atom. The average molecular weight is 505 g/mol. The maximum absolute atomic E-state index is 12.2. The maximum Gasteiger partial charge on any atom is 0.343 e. The van der Waals surface area contributed by atoms with E-state index >= 15 is 0 Å². The van der Waals surface area contributed by atoms with Crippen molar-refractivity contribution in [2.75, 3.05) is 5.32 Å². The van der Waals surface area contributed by atoms with Crippen molar-refractivity contribution < 1.29 is 19.1 Å². The highest BCUT2D eigenvalue weighted by Crippen LogP contribution is 2.25. The van der Waals surface area contributed by atoms with E-state index in [0.29, 0.717) is 38.3 Å². The van der Waals surface area contributed by atoms with Crippen molar-refractivity contribution in [1.82, 2.24) is 5.43 Å². The Hall–Kier alpha value is -3.39. The van der Waals surface area contributed by atoms with Crippen molar-refractivity contribution in [3.05, 3.63) is 92.9 Å². The molecule has 10 heteroatoms. The third kappa shape index (κ3) is 6.79. The van der Waals surface area contributed by atoms with Crippen LogP contribution in [0.2, 0.25) is 15.1 Å². The molecule has 0 aliphatic heterocycles. The molecule has 0 atom stereocenters. The Morgan fingerprint density at radius 1 is 0.788 bits per heavy atom. The van der Waals surface area contributed by atoms with Gasteiger partial charge < -0.3 is 10.1 Å². The summed E-state index contributed by atoms with van der Waals surface area (Å²) in [6.45, 7) is 1.64. The van der Waals surface area contributed by atoms with Gasteiger partial charge in [-0.25, -0.2) is 10.2 Å². The van der Waals surface area contributed by atoms with Gasteiger partial charge in [0.05, 0.1) is 21.3 Å². The number of nitrogens with one attached hydrogen (secondary N) is 2. The molecular weight excluding hydrogens is 489 g/mol. The fourth-order valence-electron chi connectivity index (χ4n) is 2.53. The van der Waals surface area contributed by atoms with Crippen LogP contribution in [-0.4, -0.2) is 23.5 Å². The van der Waals surface area contributed by atoms with E-state index in [9.17, 15) is 14.4 Å². The Labute approximate surface area is 204 Å². The number of hydrogen-bond acceptors (Lipinski definition) is 5. The van der Waals surface area contributed by atoms with E-state index < -0.39 is 17.8 Å². The molecule has 0 spiro atoms. The molecule has 0 aromatic heterocycles. The smallest absolute Gasteiger partial charge is 0.343 e. The highest BCUT2D eigenvalue weighted by molar-refractivity contribution is 6.43. The second-order valence-corrected chi connectivity index (χ2v) is 7.89. The number of rotatable bonds is 5. The molecule has 2 amide bonds. The summed E-state index contributed by atoms with van der Waals surface area (Å²) in [5, 5.41) is 7.40. The van der Waals surface area contributed by atoms with E-state index in [1.807, 2.05) is 0 Å². The van der Waals surface area contributed by atoms with Gasteiger partial charge in [-0.15, -0.1) is 0 Å². The second kappa shape index (κ2) is 11.0. The first-order valence-corrected chi connectivity index (χ1v) is 10.5. The molecular formula is C23H16Cl3N3O4. The lowest BCUT2D eigenvalue weighted by Crippen LogP contribution is -2.32. The molecule has 0 bridgehead atoms. The quantitative estimate of drug-likeness (QED) is 0.161. The molecule has 0 saturated carbocycles. The molecule has 0 saturated heterocycles. The maximum atomic E-state index is 12.2. The van der Waals surface area contributed by atoms with E-state index in [2.05, 4.69) is 15.8 Å². The third-order valence-corrected chi connectivity index (χ3v) is 5.26. The number of amides is 2. The highest BCUT2D eigenvalue weighted by atomic mass is 35.5. The van der Waals surface area contributed by atoms with Gasteiger partial charge in [-0.1, -0.05) is 34.8 Å². The van der Waals surface area contributed by atoms with Crippen LogP contribution >= 0.6 is 34.8 Å². The van der Waals surface area contributed by atoms with Crippen LogP contribution in [-0.2, 0) is 9.59 Å². The summed E-state index contributed by atoms with van der Waals surface area (Å²) in [6, 6.07) is 17.2. The van der Waals surface area contributed by atoms with Crippen molar-refractivity contribution in [3.63, 3.8) is 0 Å². The lowest BCUT2D eigenvalue weighted by atomic mass is 10.1. The standard InChI is InChI=1S/C23H16Cl3N3O4/c1-13(28-29-22(31)21(30)27-17-8-11-19(25)20(26)12-17)14-4-9-18(10-5-14)33-23(32)15-2-6-16(24)7-3-15/h2-12H,1H3,(H,27,30)(H,29,31). The van der Waals surface area contributed by atoms with E-state index in [0.717, 1.165) is 0 Å². The molecule has 33 heavy (non-hydrogen) atoms. The number of halogens is 3. The summed E-state index contributed by atoms with van der Waals surface area (Å²) in [7, 11) is 0. The monoisotopic (exact) mass is 503 g/mol. The first-order valence-electron chi connectivity index (χ1n) is 9.42. The van der Waals surface area contributed by atoms with Crippen LogP contribution in [0.25, 0.3) is 0 Å². The van der Waals surface area contributed by atoms with Crippen LogP contribution in [0, 0.1) is 0 Å². The molecule has 2 N–H and O–H groups in total. The summed E-state index contributed by atoms with van der Waals surface area (Å²) in [5.74, 6) is -2.08. The molecule has 168 valence electrons. The van der Waals surface area contributed by atoms with Crippen molar-refractivity contribution >= 4 is 64.0 Å². The molecule has 0 aliphatic carbocycles. The normalized spacial score (nSPS) is 11.0. The van der Waals surface area contributed by atoms with Gasteiger partial charge in [0.2, 0.25) is 0 Å². The molecule has 0 aliphatic rings. The zero-order chi connectivity index (χ0) is 24.0. The number of carbonyl (C=O) groups excluding carboxylic acids is 3. The molecule has 7 nitrogen and oxygen atoms in total. The van der Waals surface area contributed by atoms with E-state index in [1.165, 1.54) is 18.2 Å². The number of hydrogen-bond donors (Lipinski definition) is 2. The van der Waals surface area contributed by atoms with Gasteiger partial charge in [-0.2, -0.15) is 5.10 Å². The Morgan fingerprint density at radius 2 is 1.42 bits per heavy atom. The molecule has 0 heterocycles. The third-order valence-electron chi connectivity index (χ3n) is 4.27. The number of esters is 1. The van der Waals surface area contributed by atoms with Gasteiger partial charge in [0.1, 0.15) is 5.75 Å². The van der Waals surface area contributed by atoms with E-state index in [-0.39, 0.29) is 5.02 Å². The summed E-state index contributed by atoms with van der Waals surface area (Å²) in [6.07, 6.45) is 0. The zero-order valence-electron chi connectivity index (χ0n) is 17.1. The zero-order valence-corrected chi connectivity index (χ0v) is 19.3. The molecule has 0 fully saturated rings. The van der Waals surface area contributed by atoms with E-state index in [1.54, 1.807) is 55.5 Å². The Kier molecular flexibility index (Phi) is 8.06. The van der Waals surface area contributed by atoms with Crippen LogP contribution in [0.4, 0.5) is 5.69 Å². The first kappa shape index (κ1) is 24.3. The largest absolute Gasteiger partial charge is 0.423 e. The SMILES string of the molecule is CC(=NNC(=O)C(=O)Nc1ccc(Cl)c(Cl)c1)c1ccc(OC(=O)c2ccc(Cl)cc2)cc1. The fourth-order valence-corrected chi connectivity index (χ4v) is 2.95. The minimum atomic E-state index is -0.964. The van der Waals surface area contributed by atoms with E-state index in [4.69, 9.17) is 39.5 Å². The van der Waals surface area contributed by atoms with Gasteiger partial charge in [-0.05, 0) is 79.2 Å². The first-order chi connectivity index (χ1) is 15.7. The van der Waals surface area contributed by atoms with Crippen LogP contribution < -0.4 is 15.5 Å². The molecule has 3 aromatic rings. The van der Waals surface area contributed by atoms with Crippen molar-refractivity contribution in [3.8, 4) is 5.75 Å². The van der Waals surface area contributed by atoms with Crippen LogP contribution in [0.15, 0.2) is 71.8 Å². The van der Waals surface area contributed by atoms with Gasteiger partial charge in [0.15, 0.2) is 0 Å². The second-order valence-electron chi connectivity index (χ2n) is 6.64. The Bertz CT molecular complexity index is 1230. The predicted octanol–water partition coefficient (Wildman–Crippen LogP) is 5.34. The molecule has 3 rings (SSSR count). The molecule has 0 unspecified atom stereocenters. The Balaban J connectivity index is 1.56.